The van der Waals surface area contributed by atoms with Crippen LogP contribution in [0.5, 0.6) is 0 Å². The number of nitrogens with zero attached hydrogens (tertiary/aromatic N) is 3. The Balaban J connectivity index is 1.64. The van der Waals surface area contributed by atoms with Crippen molar-refractivity contribution in [2.24, 2.45) is 0 Å². The Labute approximate surface area is 158 Å². The van der Waals surface area contributed by atoms with Gasteiger partial charge >= 0.3 is 5.97 Å². The zero-order valence-electron chi connectivity index (χ0n) is 13.7. The van der Waals surface area contributed by atoms with Crippen molar-refractivity contribution >= 4 is 50.0 Å². The van der Waals surface area contributed by atoms with E-state index in [0.29, 0.717) is 10.7 Å². The van der Waals surface area contributed by atoms with E-state index < -0.39 is 16.0 Å². The molecule has 0 bridgehead atoms. The molecule has 3 rings (SSSR count). The van der Waals surface area contributed by atoms with Gasteiger partial charge in [0.15, 0.2) is 10.1 Å². The van der Waals surface area contributed by atoms with Gasteiger partial charge in [-0.2, -0.15) is 0 Å². The number of thiazole rings is 1. The van der Waals surface area contributed by atoms with Gasteiger partial charge in [0.2, 0.25) is 5.09 Å². The van der Waals surface area contributed by atoms with E-state index in [1.165, 1.54) is 49.7 Å². The Morgan fingerprint density at radius 3 is 2.96 bits per heavy atom. The van der Waals surface area contributed by atoms with E-state index in [1.54, 1.807) is 10.6 Å². The van der Waals surface area contributed by atoms with E-state index in [0.717, 1.165) is 4.31 Å². The van der Waals surface area contributed by atoms with Crippen molar-refractivity contribution in [1.82, 2.24) is 13.7 Å². The number of fused-ring (bicyclic) bond motifs is 1. The lowest BCUT2D eigenvalue weighted by Crippen LogP contribution is -2.21. The Bertz CT molecular complexity index is 1080. The second kappa shape index (κ2) is 7.23. The SMILES string of the molecule is CN(C)S(=O)(=O)c1ccc(COC(=O)/C=C/c2c(Cl)nc3sccn23)o1. The molecule has 0 radical (unpaired) electrons. The maximum absolute atomic E-state index is 11.9. The first kappa shape index (κ1) is 18.6. The quantitative estimate of drug-likeness (QED) is 0.453. The van der Waals surface area contributed by atoms with Crippen molar-refractivity contribution in [2.45, 2.75) is 11.7 Å². The number of imidazole rings is 1. The fraction of sp³-hybridized carbons (Fsp3) is 0.200. The zero-order chi connectivity index (χ0) is 18.9. The maximum atomic E-state index is 11.9. The van der Waals surface area contributed by atoms with Crippen LogP contribution >= 0.6 is 22.9 Å². The highest BCUT2D eigenvalue weighted by atomic mass is 35.5. The molecule has 0 saturated heterocycles. The monoisotopic (exact) mass is 415 g/mol. The number of carbonyl (C=O) groups excluding carboxylic acids is 1. The van der Waals surface area contributed by atoms with Crippen LogP contribution in [-0.2, 0) is 26.2 Å². The second-order valence-electron chi connectivity index (χ2n) is 5.29. The fourth-order valence-electron chi connectivity index (χ4n) is 2.02. The van der Waals surface area contributed by atoms with Gasteiger partial charge in [-0.15, -0.1) is 11.3 Å². The molecule has 138 valence electrons. The Morgan fingerprint density at radius 2 is 2.23 bits per heavy atom. The predicted molar refractivity (Wildman–Crippen MR) is 96.5 cm³/mol. The highest BCUT2D eigenvalue weighted by Crippen LogP contribution is 2.22. The number of sulfonamides is 1. The minimum absolute atomic E-state index is 0.194. The zero-order valence-corrected chi connectivity index (χ0v) is 16.1. The third-order valence-electron chi connectivity index (χ3n) is 3.36. The van der Waals surface area contributed by atoms with Crippen molar-refractivity contribution < 1.29 is 22.4 Å². The van der Waals surface area contributed by atoms with Crippen LogP contribution in [0.25, 0.3) is 11.0 Å². The number of rotatable bonds is 6. The highest BCUT2D eigenvalue weighted by molar-refractivity contribution is 7.88. The highest BCUT2D eigenvalue weighted by Gasteiger charge is 2.21. The van der Waals surface area contributed by atoms with E-state index in [-0.39, 0.29) is 22.6 Å². The van der Waals surface area contributed by atoms with Crippen molar-refractivity contribution in [3.8, 4) is 0 Å². The van der Waals surface area contributed by atoms with Gasteiger partial charge in [-0.05, 0) is 18.2 Å². The molecule has 0 amide bonds. The summed E-state index contributed by atoms with van der Waals surface area (Å²) in [6, 6.07) is 2.75. The largest absolute Gasteiger partial charge is 0.454 e. The van der Waals surface area contributed by atoms with E-state index in [9.17, 15) is 13.2 Å². The van der Waals surface area contributed by atoms with Crippen LogP contribution in [-0.4, -0.2) is 42.2 Å². The van der Waals surface area contributed by atoms with Crippen LogP contribution in [0.3, 0.4) is 0 Å². The first-order chi connectivity index (χ1) is 12.3. The van der Waals surface area contributed by atoms with E-state index in [2.05, 4.69) is 4.98 Å². The molecule has 3 heterocycles. The van der Waals surface area contributed by atoms with Gasteiger partial charge in [-0.25, -0.2) is 22.5 Å². The molecule has 0 spiro atoms. The van der Waals surface area contributed by atoms with Crippen molar-refractivity contribution in [1.29, 1.82) is 0 Å². The molecule has 0 aliphatic rings. The maximum Gasteiger partial charge on any atom is 0.331 e. The lowest BCUT2D eigenvalue weighted by molar-refractivity contribution is -0.139. The standard InChI is InChI=1S/C15H14ClN3O5S2/c1-18(2)26(21,22)13-6-3-10(24-13)9-23-12(20)5-4-11-14(16)17-15-19(11)7-8-25-15/h3-8H,9H2,1-2H3/b5-4+. The van der Waals surface area contributed by atoms with Gasteiger partial charge in [0.05, 0.1) is 5.69 Å². The van der Waals surface area contributed by atoms with Crippen LogP contribution < -0.4 is 0 Å². The average molecular weight is 416 g/mol. The smallest absolute Gasteiger partial charge is 0.331 e. The molecule has 3 aromatic rings. The molecule has 11 heteroatoms. The molecule has 0 N–H and O–H groups in total. The van der Waals surface area contributed by atoms with Crippen LogP contribution in [0.1, 0.15) is 11.5 Å². The minimum atomic E-state index is -3.67. The summed E-state index contributed by atoms with van der Waals surface area (Å²) in [4.78, 5) is 16.7. The molecule has 0 aliphatic carbocycles. The molecule has 26 heavy (non-hydrogen) atoms. The van der Waals surface area contributed by atoms with Crippen molar-refractivity contribution in [2.75, 3.05) is 14.1 Å². The molecule has 0 unspecified atom stereocenters. The molecular weight excluding hydrogens is 402 g/mol. The summed E-state index contributed by atoms with van der Waals surface area (Å²) in [5.74, 6) is -0.408. The lowest BCUT2D eigenvalue weighted by atomic mass is 10.4. The number of halogens is 1. The summed E-state index contributed by atoms with van der Waals surface area (Å²) in [6.45, 7) is -0.194. The Hall–Kier alpha value is -2.14. The van der Waals surface area contributed by atoms with Crippen molar-refractivity contribution in [3.05, 3.63) is 46.4 Å². The Morgan fingerprint density at radius 1 is 1.46 bits per heavy atom. The van der Waals surface area contributed by atoms with Crippen molar-refractivity contribution in [3.63, 3.8) is 0 Å². The number of ether oxygens (including phenoxy) is 1. The predicted octanol–water partition coefficient (Wildman–Crippen LogP) is 2.65. The number of carbonyl (C=O) groups is 1. The number of aromatic nitrogens is 2. The van der Waals surface area contributed by atoms with Gasteiger partial charge < -0.3 is 9.15 Å². The van der Waals surface area contributed by atoms with Crippen LogP contribution in [0.2, 0.25) is 5.15 Å². The van der Waals surface area contributed by atoms with Gasteiger partial charge in [0.1, 0.15) is 12.4 Å². The summed E-state index contributed by atoms with van der Waals surface area (Å²) in [6.07, 6.45) is 4.51. The van der Waals surface area contributed by atoms with E-state index in [4.69, 9.17) is 20.8 Å². The molecule has 0 saturated carbocycles. The first-order valence-corrected chi connectivity index (χ1v) is 9.96. The summed E-state index contributed by atoms with van der Waals surface area (Å²) in [5, 5.41) is 1.92. The van der Waals surface area contributed by atoms with E-state index >= 15 is 0 Å². The van der Waals surface area contributed by atoms with Crippen LogP contribution in [0, 0.1) is 0 Å². The summed E-state index contributed by atoms with van der Waals surface area (Å²) < 4.78 is 36.9. The number of hydrogen-bond donors (Lipinski definition) is 0. The second-order valence-corrected chi connectivity index (χ2v) is 8.61. The molecular formula is C15H14ClN3O5S2. The third-order valence-corrected chi connectivity index (χ3v) is 6.08. The number of esters is 1. The average Bonchev–Trinajstić information content (AvgIpc) is 3.27. The summed E-state index contributed by atoms with van der Waals surface area (Å²) >= 11 is 7.45. The summed E-state index contributed by atoms with van der Waals surface area (Å²) in [7, 11) is -0.871. The topological polar surface area (TPSA) is 94.1 Å². The molecule has 8 nitrogen and oxygen atoms in total. The third kappa shape index (κ3) is 3.68. The lowest BCUT2D eigenvalue weighted by Gasteiger charge is -2.07. The fourth-order valence-corrected chi connectivity index (χ4v) is 3.84. The first-order valence-electron chi connectivity index (χ1n) is 7.26. The Kier molecular flexibility index (Phi) is 5.19. The van der Waals surface area contributed by atoms with E-state index in [1.807, 2.05) is 5.38 Å². The minimum Gasteiger partial charge on any atom is -0.454 e. The van der Waals surface area contributed by atoms with Crippen LogP contribution in [0.4, 0.5) is 0 Å². The molecule has 0 atom stereocenters. The molecule has 0 aromatic carbocycles. The normalized spacial score (nSPS) is 12.5. The summed E-state index contributed by atoms with van der Waals surface area (Å²) in [5.41, 5.74) is 0.567. The molecule has 0 aliphatic heterocycles. The molecule has 3 aromatic heterocycles. The molecule has 0 fully saturated rings. The van der Waals surface area contributed by atoms with Crippen LogP contribution in [0.15, 0.2) is 39.3 Å². The van der Waals surface area contributed by atoms with Gasteiger partial charge in [0, 0.05) is 31.7 Å². The number of furan rings is 1. The van der Waals surface area contributed by atoms with Gasteiger partial charge in [0.25, 0.3) is 10.0 Å². The number of hydrogen-bond acceptors (Lipinski definition) is 7. The van der Waals surface area contributed by atoms with Gasteiger partial charge in [-0.1, -0.05) is 11.6 Å². The van der Waals surface area contributed by atoms with Gasteiger partial charge in [-0.3, -0.25) is 4.40 Å².